The van der Waals surface area contributed by atoms with Crippen LogP contribution in [-0.2, 0) is 14.3 Å². The topological polar surface area (TPSA) is 43.4 Å². The van der Waals surface area contributed by atoms with Gasteiger partial charge >= 0.3 is 11.9 Å². The fraction of sp³-hybridized carbons (Fsp3) is 0.931. The summed E-state index contributed by atoms with van der Waals surface area (Å²) in [5.41, 5.74) is 0. The van der Waals surface area contributed by atoms with Gasteiger partial charge < -0.3 is 4.74 Å². The molecule has 0 amide bonds. The average molecular weight is 453 g/mol. The van der Waals surface area contributed by atoms with Gasteiger partial charge in [-0.2, -0.15) is 0 Å². The molecular formula is C29H56O3. The molecule has 1 atom stereocenters. The fourth-order valence-electron chi connectivity index (χ4n) is 4.39. The molecule has 0 aromatic carbocycles. The van der Waals surface area contributed by atoms with Gasteiger partial charge in [0.05, 0.1) is 5.92 Å². The van der Waals surface area contributed by atoms with Gasteiger partial charge in [-0.25, -0.2) is 0 Å². The lowest BCUT2D eigenvalue weighted by molar-refractivity contribution is -0.164. The lowest BCUT2D eigenvalue weighted by Gasteiger charge is -2.18. The zero-order chi connectivity index (χ0) is 23.9. The first-order valence-corrected chi connectivity index (χ1v) is 14.3. The molecule has 0 aliphatic rings. The molecule has 3 nitrogen and oxygen atoms in total. The Morgan fingerprint density at radius 3 is 1.34 bits per heavy atom. The van der Waals surface area contributed by atoms with E-state index in [0.29, 0.717) is 6.42 Å². The van der Waals surface area contributed by atoms with Crippen molar-refractivity contribution in [3.8, 4) is 0 Å². The van der Waals surface area contributed by atoms with Crippen LogP contribution < -0.4 is 0 Å². The van der Waals surface area contributed by atoms with Crippen molar-refractivity contribution in [3.05, 3.63) is 0 Å². The quantitative estimate of drug-likeness (QED) is 0.0880. The molecule has 0 saturated heterocycles. The van der Waals surface area contributed by atoms with E-state index in [9.17, 15) is 9.59 Å². The van der Waals surface area contributed by atoms with Crippen LogP contribution in [0.25, 0.3) is 0 Å². The summed E-state index contributed by atoms with van der Waals surface area (Å²) >= 11 is 0. The summed E-state index contributed by atoms with van der Waals surface area (Å²) in [7, 11) is 0. The third-order valence-corrected chi connectivity index (χ3v) is 6.68. The van der Waals surface area contributed by atoms with Gasteiger partial charge in [0.2, 0.25) is 0 Å². The molecule has 0 aliphatic heterocycles. The lowest BCUT2D eigenvalue weighted by atomic mass is 9.90. The van der Waals surface area contributed by atoms with Crippen molar-refractivity contribution in [3.63, 3.8) is 0 Å². The van der Waals surface area contributed by atoms with E-state index in [-0.39, 0.29) is 23.8 Å². The molecule has 0 fully saturated rings. The fourth-order valence-corrected chi connectivity index (χ4v) is 4.39. The van der Waals surface area contributed by atoms with E-state index in [1.807, 2.05) is 0 Å². The van der Waals surface area contributed by atoms with Gasteiger partial charge in [-0.05, 0) is 18.8 Å². The number of carbonyl (C=O) groups is 2. The van der Waals surface area contributed by atoms with Crippen LogP contribution in [-0.4, -0.2) is 11.9 Å². The van der Waals surface area contributed by atoms with Gasteiger partial charge in [-0.1, -0.05) is 143 Å². The average Bonchev–Trinajstić information content (AvgIpc) is 2.76. The van der Waals surface area contributed by atoms with E-state index in [1.54, 1.807) is 0 Å². The maximum absolute atomic E-state index is 12.5. The molecule has 0 aromatic heterocycles. The Bertz CT molecular complexity index is 430. The first-order chi connectivity index (χ1) is 15.5. The Hall–Kier alpha value is -0.860. The number of hydrogen-bond donors (Lipinski definition) is 0. The number of unbranched alkanes of at least 4 members (excludes halogenated alkanes) is 17. The van der Waals surface area contributed by atoms with Crippen LogP contribution in [0.5, 0.6) is 0 Å². The zero-order valence-electron chi connectivity index (χ0n) is 22.2. The van der Waals surface area contributed by atoms with Crippen molar-refractivity contribution >= 4 is 11.9 Å². The number of esters is 2. The van der Waals surface area contributed by atoms with Crippen molar-refractivity contribution in [2.45, 2.75) is 163 Å². The van der Waals surface area contributed by atoms with Crippen molar-refractivity contribution < 1.29 is 14.3 Å². The van der Waals surface area contributed by atoms with E-state index < -0.39 is 0 Å². The normalized spacial score (nSPS) is 12.3. The SMILES string of the molecule is CCCCCCCCCCCCC(C(=O)OC(=O)CCCCCCCCCCC)C(C)C. The highest BCUT2D eigenvalue weighted by molar-refractivity contribution is 5.86. The summed E-state index contributed by atoms with van der Waals surface area (Å²) in [6.07, 6.45) is 25.1. The molecular weight excluding hydrogens is 396 g/mol. The summed E-state index contributed by atoms with van der Waals surface area (Å²) in [5, 5.41) is 0. The Balaban J connectivity index is 3.80. The second kappa shape index (κ2) is 23.3. The largest absolute Gasteiger partial charge is 0.393 e. The number of rotatable bonds is 23. The standard InChI is InChI=1S/C29H56O3/c1-5-7-9-11-13-15-17-18-20-22-24-27(26(3)4)29(31)32-28(30)25-23-21-19-16-14-12-10-8-6-2/h26-27H,5-25H2,1-4H3. The highest BCUT2D eigenvalue weighted by Gasteiger charge is 2.25. The molecule has 32 heavy (non-hydrogen) atoms. The summed E-state index contributed by atoms with van der Waals surface area (Å²) < 4.78 is 5.21. The van der Waals surface area contributed by atoms with Crippen molar-refractivity contribution in [1.82, 2.24) is 0 Å². The van der Waals surface area contributed by atoms with Crippen molar-refractivity contribution in [1.29, 1.82) is 0 Å². The Labute approximate surface area is 200 Å². The molecule has 190 valence electrons. The van der Waals surface area contributed by atoms with Crippen molar-refractivity contribution in [2.75, 3.05) is 0 Å². The Kier molecular flexibility index (Phi) is 22.7. The smallest absolute Gasteiger partial charge is 0.316 e. The second-order valence-corrected chi connectivity index (χ2v) is 10.2. The van der Waals surface area contributed by atoms with E-state index in [0.717, 1.165) is 25.7 Å². The summed E-state index contributed by atoms with van der Waals surface area (Å²) in [4.78, 5) is 24.6. The lowest BCUT2D eigenvalue weighted by Crippen LogP contribution is -2.25. The summed E-state index contributed by atoms with van der Waals surface area (Å²) in [6, 6.07) is 0. The molecule has 3 heteroatoms. The molecule has 0 radical (unpaired) electrons. The van der Waals surface area contributed by atoms with Crippen LogP contribution in [0.4, 0.5) is 0 Å². The maximum atomic E-state index is 12.5. The highest BCUT2D eigenvalue weighted by Crippen LogP contribution is 2.22. The van der Waals surface area contributed by atoms with Crippen LogP contribution in [0.3, 0.4) is 0 Å². The van der Waals surface area contributed by atoms with Gasteiger partial charge in [-0.3, -0.25) is 9.59 Å². The first kappa shape index (κ1) is 31.1. The van der Waals surface area contributed by atoms with Gasteiger partial charge in [0.15, 0.2) is 0 Å². The summed E-state index contributed by atoms with van der Waals surface area (Å²) in [6.45, 7) is 8.62. The van der Waals surface area contributed by atoms with Gasteiger partial charge in [0.1, 0.15) is 0 Å². The maximum Gasteiger partial charge on any atom is 0.316 e. The van der Waals surface area contributed by atoms with E-state index in [2.05, 4.69) is 27.7 Å². The number of hydrogen-bond acceptors (Lipinski definition) is 3. The first-order valence-electron chi connectivity index (χ1n) is 14.3. The molecule has 1 unspecified atom stereocenters. The number of ether oxygens (including phenoxy) is 1. The summed E-state index contributed by atoms with van der Waals surface area (Å²) in [5.74, 6) is -0.541. The second-order valence-electron chi connectivity index (χ2n) is 10.2. The van der Waals surface area contributed by atoms with E-state index >= 15 is 0 Å². The molecule has 0 aliphatic carbocycles. The molecule has 0 aromatic rings. The predicted molar refractivity (Wildman–Crippen MR) is 138 cm³/mol. The molecule has 0 N–H and O–H groups in total. The van der Waals surface area contributed by atoms with Gasteiger partial charge in [0, 0.05) is 6.42 Å². The molecule has 0 saturated carbocycles. The predicted octanol–water partition coefficient (Wildman–Crippen LogP) is 9.56. The van der Waals surface area contributed by atoms with E-state index in [1.165, 1.54) is 103 Å². The highest BCUT2D eigenvalue weighted by atomic mass is 16.6. The third kappa shape index (κ3) is 19.8. The van der Waals surface area contributed by atoms with E-state index in [4.69, 9.17) is 4.74 Å². The van der Waals surface area contributed by atoms with Crippen LogP contribution >= 0.6 is 0 Å². The minimum absolute atomic E-state index is 0.142. The zero-order valence-corrected chi connectivity index (χ0v) is 22.2. The molecule has 0 heterocycles. The van der Waals surface area contributed by atoms with Crippen LogP contribution in [0.15, 0.2) is 0 Å². The molecule has 0 bridgehead atoms. The third-order valence-electron chi connectivity index (χ3n) is 6.68. The minimum atomic E-state index is -0.327. The Morgan fingerprint density at radius 2 is 0.938 bits per heavy atom. The minimum Gasteiger partial charge on any atom is -0.393 e. The number of carbonyl (C=O) groups excluding carboxylic acids is 2. The van der Waals surface area contributed by atoms with Crippen LogP contribution in [0, 0.1) is 11.8 Å². The monoisotopic (exact) mass is 452 g/mol. The van der Waals surface area contributed by atoms with Crippen LogP contribution in [0.2, 0.25) is 0 Å². The Morgan fingerprint density at radius 1 is 0.562 bits per heavy atom. The molecule has 0 rings (SSSR count). The molecule has 0 spiro atoms. The van der Waals surface area contributed by atoms with Crippen LogP contribution in [0.1, 0.15) is 163 Å². The van der Waals surface area contributed by atoms with Crippen molar-refractivity contribution in [2.24, 2.45) is 11.8 Å². The van der Waals surface area contributed by atoms with Gasteiger partial charge in [-0.15, -0.1) is 0 Å². The van der Waals surface area contributed by atoms with Gasteiger partial charge in [0.25, 0.3) is 0 Å².